The molecule has 1 unspecified atom stereocenters. The van der Waals surface area contributed by atoms with Gasteiger partial charge in [0.2, 0.25) is 0 Å². The maximum atomic E-state index is 9.45. The van der Waals surface area contributed by atoms with Gasteiger partial charge >= 0.3 is 0 Å². The molecule has 0 aliphatic carbocycles. The number of rotatable bonds is 1. The van der Waals surface area contributed by atoms with Crippen LogP contribution in [0.4, 0.5) is 5.69 Å². The average molecular weight is 283 g/mol. The Balaban J connectivity index is 2.09. The highest BCUT2D eigenvalue weighted by molar-refractivity contribution is 7.10. The fourth-order valence-electron chi connectivity index (χ4n) is 3.01. The van der Waals surface area contributed by atoms with Gasteiger partial charge in [-0.25, -0.2) is 0 Å². The van der Waals surface area contributed by atoms with Gasteiger partial charge in [0.05, 0.1) is 23.0 Å². The highest BCUT2D eigenvalue weighted by atomic mass is 32.1. The predicted molar refractivity (Wildman–Crippen MR) is 82.2 cm³/mol. The van der Waals surface area contributed by atoms with Crippen molar-refractivity contribution in [2.75, 3.05) is 11.4 Å². The van der Waals surface area contributed by atoms with Crippen LogP contribution in [-0.2, 0) is 6.42 Å². The molecule has 2 aromatic heterocycles. The average Bonchev–Trinajstić information content (AvgIpc) is 2.87. The molecule has 102 valence electrons. The third kappa shape index (κ3) is 1.99. The van der Waals surface area contributed by atoms with Gasteiger partial charge in [-0.3, -0.25) is 4.98 Å². The van der Waals surface area contributed by atoms with E-state index >= 15 is 0 Å². The van der Waals surface area contributed by atoms with E-state index in [2.05, 4.69) is 34.3 Å². The van der Waals surface area contributed by atoms with Gasteiger partial charge < -0.3 is 4.90 Å². The molecular weight excluding hydrogens is 266 g/mol. The van der Waals surface area contributed by atoms with Crippen molar-refractivity contribution in [2.24, 2.45) is 0 Å². The lowest BCUT2D eigenvalue weighted by Crippen LogP contribution is -2.34. The van der Waals surface area contributed by atoms with Gasteiger partial charge in [0.1, 0.15) is 6.07 Å². The summed E-state index contributed by atoms with van der Waals surface area (Å²) in [6, 6.07) is 6.90. The summed E-state index contributed by atoms with van der Waals surface area (Å²) >= 11 is 1.84. The van der Waals surface area contributed by atoms with Crippen LogP contribution in [0.3, 0.4) is 0 Å². The Kier molecular flexibility index (Phi) is 3.23. The van der Waals surface area contributed by atoms with Crippen LogP contribution >= 0.6 is 11.3 Å². The quantitative estimate of drug-likeness (QED) is 0.800. The number of nitriles is 1. The van der Waals surface area contributed by atoms with E-state index in [1.165, 1.54) is 10.4 Å². The first kappa shape index (κ1) is 13.1. The van der Waals surface area contributed by atoms with E-state index in [0.717, 1.165) is 30.0 Å². The van der Waals surface area contributed by atoms with Crippen molar-refractivity contribution in [3.8, 4) is 6.07 Å². The van der Waals surface area contributed by atoms with Crippen molar-refractivity contribution in [3.05, 3.63) is 44.9 Å². The molecule has 1 aliphatic heterocycles. The van der Waals surface area contributed by atoms with Crippen LogP contribution in [0.1, 0.15) is 40.4 Å². The monoisotopic (exact) mass is 283 g/mol. The third-order valence-corrected chi connectivity index (χ3v) is 5.00. The van der Waals surface area contributed by atoms with Crippen LogP contribution < -0.4 is 4.90 Å². The minimum atomic E-state index is 0.318. The van der Waals surface area contributed by atoms with Crippen molar-refractivity contribution in [1.82, 2.24) is 4.98 Å². The molecule has 4 heteroatoms. The highest BCUT2D eigenvalue weighted by Gasteiger charge is 2.27. The Hall–Kier alpha value is -1.86. The van der Waals surface area contributed by atoms with Crippen LogP contribution in [0.25, 0.3) is 0 Å². The number of nitrogens with zero attached hydrogens (tertiary/aromatic N) is 3. The minimum Gasteiger partial charge on any atom is -0.363 e. The largest absolute Gasteiger partial charge is 0.363 e. The van der Waals surface area contributed by atoms with Gasteiger partial charge in [-0.2, -0.15) is 5.26 Å². The summed E-state index contributed by atoms with van der Waals surface area (Å²) in [5, 5.41) is 11.6. The molecule has 0 radical (unpaired) electrons. The van der Waals surface area contributed by atoms with Gasteiger partial charge in [0, 0.05) is 17.1 Å². The zero-order valence-electron chi connectivity index (χ0n) is 12.0. The number of pyridine rings is 1. The molecule has 0 fully saturated rings. The van der Waals surface area contributed by atoms with Crippen molar-refractivity contribution in [2.45, 2.75) is 33.2 Å². The Morgan fingerprint density at radius 3 is 3.00 bits per heavy atom. The molecule has 1 aliphatic rings. The smallest absolute Gasteiger partial charge is 0.103 e. The summed E-state index contributed by atoms with van der Waals surface area (Å²) in [6.07, 6.45) is 1.06. The number of hydrogen-bond acceptors (Lipinski definition) is 4. The summed E-state index contributed by atoms with van der Waals surface area (Å²) in [5.41, 5.74) is 4.94. The molecule has 3 nitrogen and oxygen atoms in total. The van der Waals surface area contributed by atoms with E-state index in [9.17, 15) is 5.26 Å². The Morgan fingerprint density at radius 1 is 1.45 bits per heavy atom. The van der Waals surface area contributed by atoms with Crippen molar-refractivity contribution >= 4 is 17.0 Å². The van der Waals surface area contributed by atoms with Crippen molar-refractivity contribution in [1.29, 1.82) is 5.26 Å². The lowest BCUT2D eigenvalue weighted by molar-refractivity contribution is 0.631. The topological polar surface area (TPSA) is 39.9 Å². The van der Waals surface area contributed by atoms with E-state index in [1.807, 2.05) is 31.3 Å². The minimum absolute atomic E-state index is 0.318. The van der Waals surface area contributed by atoms with Gasteiger partial charge in [0.15, 0.2) is 0 Å². The molecule has 0 saturated carbocycles. The van der Waals surface area contributed by atoms with Crippen molar-refractivity contribution < 1.29 is 0 Å². The van der Waals surface area contributed by atoms with E-state index in [0.29, 0.717) is 11.6 Å². The molecule has 0 amide bonds. The maximum Gasteiger partial charge on any atom is 0.103 e. The van der Waals surface area contributed by atoms with Crippen LogP contribution in [-0.4, -0.2) is 11.5 Å². The summed E-state index contributed by atoms with van der Waals surface area (Å²) < 4.78 is 0. The molecule has 3 rings (SSSR count). The number of aromatic nitrogens is 1. The molecule has 0 saturated heterocycles. The molecule has 1 atom stereocenters. The van der Waals surface area contributed by atoms with E-state index in [1.54, 1.807) is 0 Å². The third-order valence-electron chi connectivity index (χ3n) is 4.01. The van der Waals surface area contributed by atoms with Crippen molar-refractivity contribution in [3.63, 3.8) is 0 Å². The second kappa shape index (κ2) is 4.92. The van der Waals surface area contributed by atoms with Gasteiger partial charge in [0.25, 0.3) is 0 Å². The van der Waals surface area contributed by atoms with Gasteiger partial charge in [-0.15, -0.1) is 11.3 Å². The van der Waals surface area contributed by atoms with Gasteiger partial charge in [-0.05, 0) is 50.3 Å². The lowest BCUT2D eigenvalue weighted by atomic mass is 9.99. The summed E-state index contributed by atoms with van der Waals surface area (Å²) in [7, 11) is 0. The molecule has 3 heterocycles. The Labute approximate surface area is 123 Å². The second-order valence-corrected chi connectivity index (χ2v) is 6.27. The zero-order valence-corrected chi connectivity index (χ0v) is 12.8. The number of thiophene rings is 1. The van der Waals surface area contributed by atoms with Crippen LogP contribution in [0.2, 0.25) is 0 Å². The summed E-state index contributed by atoms with van der Waals surface area (Å²) in [6.45, 7) is 7.09. The molecule has 0 N–H and O–H groups in total. The standard InChI is InChI=1S/C16H17N3S/c1-10-8-15(14(9-17)11(2)18-10)19-6-4-16-13(12(19)3)5-7-20-16/h5,7-8,12H,4,6H2,1-3H3. The first-order chi connectivity index (χ1) is 9.61. The number of anilines is 1. The molecule has 2 aromatic rings. The number of aryl methyl sites for hydroxylation is 2. The number of fused-ring (bicyclic) bond motifs is 1. The van der Waals surface area contributed by atoms with E-state index < -0.39 is 0 Å². The fraction of sp³-hybridized carbons (Fsp3) is 0.375. The molecular formula is C16H17N3S. The molecule has 0 aromatic carbocycles. The van der Waals surface area contributed by atoms with Crippen LogP contribution in [0, 0.1) is 25.2 Å². The SMILES string of the molecule is Cc1cc(N2CCc3sccc3C2C)c(C#N)c(C)n1. The first-order valence-corrected chi connectivity index (χ1v) is 7.71. The van der Waals surface area contributed by atoms with Gasteiger partial charge in [-0.1, -0.05) is 0 Å². The molecule has 0 bridgehead atoms. The predicted octanol–water partition coefficient (Wildman–Crippen LogP) is 3.76. The molecule has 20 heavy (non-hydrogen) atoms. The first-order valence-electron chi connectivity index (χ1n) is 6.83. The lowest BCUT2D eigenvalue weighted by Gasteiger charge is -2.36. The van der Waals surface area contributed by atoms with E-state index in [-0.39, 0.29) is 0 Å². The summed E-state index contributed by atoms with van der Waals surface area (Å²) in [4.78, 5) is 8.24. The molecule has 0 spiro atoms. The Morgan fingerprint density at radius 2 is 2.25 bits per heavy atom. The van der Waals surface area contributed by atoms with Crippen LogP contribution in [0.15, 0.2) is 17.5 Å². The fourth-order valence-corrected chi connectivity index (χ4v) is 3.97. The zero-order chi connectivity index (χ0) is 14.3. The second-order valence-electron chi connectivity index (χ2n) is 5.27. The normalized spacial score (nSPS) is 17.7. The maximum absolute atomic E-state index is 9.45. The Bertz CT molecular complexity index is 696. The number of hydrogen-bond donors (Lipinski definition) is 0. The summed E-state index contributed by atoms with van der Waals surface area (Å²) in [5.74, 6) is 0. The van der Waals surface area contributed by atoms with E-state index in [4.69, 9.17) is 0 Å². The highest BCUT2D eigenvalue weighted by Crippen LogP contribution is 2.37. The van der Waals surface area contributed by atoms with Crippen LogP contribution in [0.5, 0.6) is 0 Å².